The molecule has 4 rings (SSSR count). The van der Waals surface area contributed by atoms with Crippen molar-refractivity contribution in [2.24, 2.45) is 0 Å². The molecule has 0 aliphatic heterocycles. The van der Waals surface area contributed by atoms with Crippen LogP contribution in [0.25, 0.3) is 15.9 Å². The number of ether oxygens (including phenoxy) is 2. The van der Waals surface area contributed by atoms with Crippen molar-refractivity contribution >= 4 is 44.9 Å². The number of aryl methyl sites for hydroxylation is 1. The van der Waals surface area contributed by atoms with Crippen LogP contribution in [0, 0.1) is 6.92 Å². The zero-order valence-electron chi connectivity index (χ0n) is 17.7. The van der Waals surface area contributed by atoms with Gasteiger partial charge in [0.05, 0.1) is 36.9 Å². The molecule has 7 nitrogen and oxygen atoms in total. The number of nitrogens with zero attached hydrogens (tertiary/aromatic N) is 2. The Morgan fingerprint density at radius 2 is 2.00 bits per heavy atom. The number of methoxy groups -OCH3 is 2. The zero-order valence-corrected chi connectivity index (χ0v) is 19.4. The molecule has 0 saturated carbocycles. The van der Waals surface area contributed by atoms with Crippen LogP contribution in [0.3, 0.4) is 0 Å². The molecule has 1 amide bonds. The summed E-state index contributed by atoms with van der Waals surface area (Å²) in [6.45, 7) is 1.97. The van der Waals surface area contributed by atoms with Gasteiger partial charge in [0.1, 0.15) is 16.2 Å². The lowest BCUT2D eigenvalue weighted by atomic mass is 10.2. The largest absolute Gasteiger partial charge is 0.497 e. The number of benzene rings is 2. The van der Waals surface area contributed by atoms with E-state index in [1.165, 1.54) is 30.2 Å². The van der Waals surface area contributed by atoms with Crippen LogP contribution in [0.1, 0.15) is 5.56 Å². The molecule has 0 aliphatic rings. The van der Waals surface area contributed by atoms with E-state index >= 15 is 0 Å². The summed E-state index contributed by atoms with van der Waals surface area (Å²) >= 11 is 2.57. The summed E-state index contributed by atoms with van der Waals surface area (Å²) in [7, 11) is 3.09. The van der Waals surface area contributed by atoms with E-state index in [-0.39, 0.29) is 17.2 Å². The Hall–Kier alpha value is -3.30. The predicted molar refractivity (Wildman–Crippen MR) is 129 cm³/mol. The number of carbonyl (C=O) groups excluding carboxylic acids is 1. The fourth-order valence-electron chi connectivity index (χ4n) is 3.20. The summed E-state index contributed by atoms with van der Waals surface area (Å²) in [5.41, 5.74) is 2.77. The third-order valence-electron chi connectivity index (χ3n) is 4.72. The van der Waals surface area contributed by atoms with Crippen molar-refractivity contribution in [1.82, 2.24) is 9.55 Å². The van der Waals surface area contributed by atoms with Gasteiger partial charge in [-0.15, -0.1) is 11.3 Å². The predicted octanol–water partition coefficient (Wildman–Crippen LogP) is 4.50. The minimum absolute atomic E-state index is 0.0725. The van der Waals surface area contributed by atoms with Crippen molar-refractivity contribution in [2.75, 3.05) is 25.3 Å². The molecule has 164 valence electrons. The van der Waals surface area contributed by atoms with Crippen molar-refractivity contribution in [1.29, 1.82) is 0 Å². The second kappa shape index (κ2) is 9.46. The maximum atomic E-state index is 13.2. The van der Waals surface area contributed by atoms with E-state index in [9.17, 15) is 9.59 Å². The number of thiophene rings is 1. The van der Waals surface area contributed by atoms with Crippen LogP contribution < -0.4 is 20.3 Å². The number of hydrogen-bond acceptors (Lipinski definition) is 7. The molecule has 0 unspecified atom stereocenters. The van der Waals surface area contributed by atoms with Crippen LogP contribution in [0.2, 0.25) is 0 Å². The lowest BCUT2D eigenvalue weighted by molar-refractivity contribution is -0.113. The summed E-state index contributed by atoms with van der Waals surface area (Å²) in [6.07, 6.45) is 0. The Bertz CT molecular complexity index is 1350. The SMILES string of the molecule is COc1ccc(NC(=O)CSc2nc3ccsc3c(=O)n2-c2cccc(C)c2)c(OC)c1. The Morgan fingerprint density at radius 1 is 1.16 bits per heavy atom. The third-order valence-corrected chi connectivity index (χ3v) is 6.55. The van der Waals surface area contributed by atoms with Gasteiger partial charge in [0.2, 0.25) is 5.91 Å². The molecule has 0 radical (unpaired) electrons. The van der Waals surface area contributed by atoms with E-state index in [1.54, 1.807) is 29.9 Å². The van der Waals surface area contributed by atoms with Crippen LogP contribution in [0.4, 0.5) is 5.69 Å². The Morgan fingerprint density at radius 3 is 2.75 bits per heavy atom. The molecule has 0 bridgehead atoms. The third kappa shape index (κ3) is 4.49. The van der Waals surface area contributed by atoms with Gasteiger partial charge in [0.25, 0.3) is 5.56 Å². The molecule has 2 aromatic carbocycles. The molecule has 1 N–H and O–H groups in total. The highest BCUT2D eigenvalue weighted by Gasteiger charge is 2.16. The van der Waals surface area contributed by atoms with Crippen molar-refractivity contribution in [3.05, 3.63) is 69.8 Å². The first-order valence-electron chi connectivity index (χ1n) is 9.72. The normalized spacial score (nSPS) is 10.8. The van der Waals surface area contributed by atoms with Crippen molar-refractivity contribution in [3.63, 3.8) is 0 Å². The molecule has 4 aromatic rings. The molecule has 2 aromatic heterocycles. The van der Waals surface area contributed by atoms with E-state index in [2.05, 4.69) is 10.3 Å². The van der Waals surface area contributed by atoms with E-state index in [0.29, 0.717) is 32.6 Å². The number of amides is 1. The highest BCUT2D eigenvalue weighted by molar-refractivity contribution is 7.99. The van der Waals surface area contributed by atoms with Crippen LogP contribution >= 0.6 is 23.1 Å². The average molecular weight is 468 g/mol. The summed E-state index contributed by atoms with van der Waals surface area (Å²) in [4.78, 5) is 30.5. The second-order valence-electron chi connectivity index (χ2n) is 6.91. The fraction of sp³-hybridized carbons (Fsp3) is 0.174. The molecule has 0 aliphatic carbocycles. The molecule has 0 saturated heterocycles. The smallest absolute Gasteiger partial charge is 0.276 e. The van der Waals surface area contributed by atoms with Crippen molar-refractivity contribution in [3.8, 4) is 17.2 Å². The van der Waals surface area contributed by atoms with E-state index in [1.807, 2.05) is 42.6 Å². The minimum Gasteiger partial charge on any atom is -0.497 e. The Kier molecular flexibility index (Phi) is 6.48. The molecular weight excluding hydrogens is 446 g/mol. The molecule has 2 heterocycles. The van der Waals surface area contributed by atoms with Gasteiger partial charge >= 0.3 is 0 Å². The lowest BCUT2D eigenvalue weighted by Crippen LogP contribution is -2.22. The molecule has 0 spiro atoms. The molecule has 0 fully saturated rings. The number of anilines is 1. The topological polar surface area (TPSA) is 82.5 Å². The molecule has 32 heavy (non-hydrogen) atoms. The van der Waals surface area contributed by atoms with Gasteiger partial charge in [-0.2, -0.15) is 0 Å². The highest BCUT2D eigenvalue weighted by Crippen LogP contribution is 2.30. The summed E-state index contributed by atoms with van der Waals surface area (Å²) in [6, 6.07) is 14.6. The van der Waals surface area contributed by atoms with E-state index in [4.69, 9.17) is 9.47 Å². The van der Waals surface area contributed by atoms with Crippen molar-refractivity contribution in [2.45, 2.75) is 12.1 Å². The number of fused-ring (bicyclic) bond motifs is 1. The average Bonchev–Trinajstić information content (AvgIpc) is 3.27. The van der Waals surface area contributed by atoms with Gasteiger partial charge in [-0.3, -0.25) is 14.2 Å². The van der Waals surface area contributed by atoms with Crippen LogP contribution in [-0.2, 0) is 4.79 Å². The van der Waals surface area contributed by atoms with Crippen LogP contribution in [0.5, 0.6) is 11.5 Å². The summed E-state index contributed by atoms with van der Waals surface area (Å²) in [5, 5.41) is 5.15. The van der Waals surface area contributed by atoms with E-state index < -0.39 is 0 Å². The van der Waals surface area contributed by atoms with Crippen LogP contribution in [0.15, 0.2) is 63.9 Å². The number of aromatic nitrogens is 2. The highest BCUT2D eigenvalue weighted by atomic mass is 32.2. The van der Waals surface area contributed by atoms with Gasteiger partial charge in [-0.1, -0.05) is 23.9 Å². The van der Waals surface area contributed by atoms with Gasteiger partial charge in [0, 0.05) is 6.07 Å². The summed E-state index contributed by atoms with van der Waals surface area (Å²) in [5.74, 6) is 0.957. The maximum absolute atomic E-state index is 13.2. The van der Waals surface area contributed by atoms with Crippen LogP contribution in [-0.4, -0.2) is 35.4 Å². The van der Waals surface area contributed by atoms with Crippen molar-refractivity contribution < 1.29 is 14.3 Å². The maximum Gasteiger partial charge on any atom is 0.276 e. The first-order chi connectivity index (χ1) is 15.5. The summed E-state index contributed by atoms with van der Waals surface area (Å²) < 4.78 is 12.7. The van der Waals surface area contributed by atoms with Gasteiger partial charge in [-0.25, -0.2) is 4.98 Å². The zero-order chi connectivity index (χ0) is 22.7. The standard InChI is InChI=1S/C23H21N3O4S2/c1-14-5-4-6-15(11-14)26-22(28)21-18(9-10-31-21)25-23(26)32-13-20(27)24-17-8-7-16(29-2)12-19(17)30-3/h4-12H,13H2,1-3H3,(H,24,27). The number of nitrogens with one attached hydrogen (secondary N) is 1. The monoisotopic (exact) mass is 467 g/mol. The Labute approximate surface area is 193 Å². The molecular formula is C23H21N3O4S2. The first-order valence-corrected chi connectivity index (χ1v) is 11.6. The number of carbonyl (C=O) groups is 1. The Balaban J connectivity index is 1.61. The lowest BCUT2D eigenvalue weighted by Gasteiger charge is -2.13. The molecule has 9 heteroatoms. The number of rotatable bonds is 7. The van der Waals surface area contributed by atoms with Gasteiger partial charge < -0.3 is 14.8 Å². The van der Waals surface area contributed by atoms with Gasteiger partial charge in [-0.05, 0) is 48.2 Å². The molecule has 0 atom stereocenters. The number of thioether (sulfide) groups is 1. The quantitative estimate of drug-likeness (QED) is 0.318. The minimum atomic E-state index is -0.242. The second-order valence-corrected chi connectivity index (χ2v) is 8.77. The first kappa shape index (κ1) is 21.9. The van der Waals surface area contributed by atoms with E-state index in [0.717, 1.165) is 11.3 Å². The number of hydrogen-bond donors (Lipinski definition) is 1. The fourth-order valence-corrected chi connectivity index (χ4v) is 4.77. The van der Waals surface area contributed by atoms with Gasteiger partial charge in [0.15, 0.2) is 5.16 Å².